The van der Waals surface area contributed by atoms with Crippen LogP contribution in [-0.2, 0) is 19.1 Å². The monoisotopic (exact) mass is 283 g/mol. The number of nitrogens with zero attached hydrogens (tertiary/aromatic N) is 2. The van der Waals surface area contributed by atoms with Gasteiger partial charge in [-0.25, -0.2) is 4.79 Å². The minimum atomic E-state index is -1.22. The standard InChI is InChI=1S/C12H17N3O5/c13-14-7-8(16)4-5-9(12(18)19)15-11(17)10-3-1-2-6-20-10/h7,9-10H,1-6H2,(H,15,17)(H,18,19)/t9?,10-/m0/s1. The molecule has 8 heteroatoms. The summed E-state index contributed by atoms with van der Waals surface area (Å²) in [6.45, 7) is 0.487. The first kappa shape index (κ1) is 16.0. The van der Waals surface area contributed by atoms with E-state index in [-0.39, 0.29) is 12.8 Å². The highest BCUT2D eigenvalue weighted by molar-refractivity contribution is 6.25. The number of hydrogen-bond acceptors (Lipinski definition) is 4. The van der Waals surface area contributed by atoms with E-state index in [1.807, 2.05) is 0 Å². The summed E-state index contributed by atoms with van der Waals surface area (Å²) >= 11 is 0. The van der Waals surface area contributed by atoms with Crippen molar-refractivity contribution in [3.05, 3.63) is 5.53 Å². The molecule has 1 aliphatic heterocycles. The molecule has 8 nitrogen and oxygen atoms in total. The summed E-state index contributed by atoms with van der Waals surface area (Å²) < 4.78 is 5.26. The summed E-state index contributed by atoms with van der Waals surface area (Å²) in [6.07, 6.45) is 2.19. The molecule has 1 heterocycles. The number of rotatable bonds is 7. The maximum absolute atomic E-state index is 11.8. The number of Topliss-reactive ketones (excluding diaryl/α,β-unsaturated/α-hetero) is 1. The van der Waals surface area contributed by atoms with E-state index in [4.69, 9.17) is 15.4 Å². The van der Waals surface area contributed by atoms with Gasteiger partial charge in [0.2, 0.25) is 11.7 Å². The van der Waals surface area contributed by atoms with Gasteiger partial charge in [0.05, 0.1) is 0 Å². The highest BCUT2D eigenvalue weighted by Crippen LogP contribution is 2.13. The molecule has 1 unspecified atom stereocenters. The number of carbonyl (C=O) groups excluding carboxylic acids is 2. The van der Waals surface area contributed by atoms with E-state index in [2.05, 4.69) is 10.1 Å². The highest BCUT2D eigenvalue weighted by Gasteiger charge is 2.27. The lowest BCUT2D eigenvalue weighted by Crippen LogP contribution is -2.47. The maximum atomic E-state index is 11.8. The average Bonchev–Trinajstić information content (AvgIpc) is 2.44. The first-order valence-electron chi connectivity index (χ1n) is 6.39. The van der Waals surface area contributed by atoms with Crippen LogP contribution in [0.25, 0.3) is 5.53 Å². The van der Waals surface area contributed by atoms with Gasteiger partial charge in [-0.15, -0.1) is 0 Å². The molecule has 20 heavy (non-hydrogen) atoms. The van der Waals surface area contributed by atoms with Crippen molar-refractivity contribution < 1.29 is 29.0 Å². The Labute approximate surface area is 115 Å². The zero-order valence-electron chi connectivity index (χ0n) is 10.9. The molecular weight excluding hydrogens is 266 g/mol. The first-order chi connectivity index (χ1) is 9.54. The quantitative estimate of drug-likeness (QED) is 0.379. The van der Waals surface area contributed by atoms with Gasteiger partial charge in [0, 0.05) is 13.0 Å². The van der Waals surface area contributed by atoms with E-state index in [0.717, 1.165) is 12.8 Å². The van der Waals surface area contributed by atoms with Crippen molar-refractivity contribution in [3.63, 3.8) is 0 Å². The Bertz CT molecular complexity index is 425. The van der Waals surface area contributed by atoms with Crippen LogP contribution in [0.5, 0.6) is 0 Å². The van der Waals surface area contributed by atoms with Crippen molar-refractivity contribution in [2.75, 3.05) is 6.61 Å². The molecule has 0 radical (unpaired) electrons. The average molecular weight is 283 g/mol. The topological polar surface area (TPSA) is 129 Å². The van der Waals surface area contributed by atoms with Crippen LogP contribution in [0.4, 0.5) is 0 Å². The Balaban J connectivity index is 2.49. The Morgan fingerprint density at radius 2 is 2.20 bits per heavy atom. The van der Waals surface area contributed by atoms with Gasteiger partial charge in [0.1, 0.15) is 12.1 Å². The Kier molecular flexibility index (Phi) is 6.55. The molecular formula is C12H17N3O5. The number of carbonyl (C=O) groups is 3. The third kappa shape index (κ3) is 5.29. The summed E-state index contributed by atoms with van der Waals surface area (Å²) in [5.74, 6) is -2.20. The number of ketones is 1. The molecule has 0 aromatic rings. The number of carboxylic acid groups (broad SMARTS) is 1. The summed E-state index contributed by atoms with van der Waals surface area (Å²) in [5.41, 5.74) is 8.17. The molecule has 1 aliphatic rings. The van der Waals surface area contributed by atoms with Crippen molar-refractivity contribution in [1.82, 2.24) is 5.32 Å². The number of nitrogens with one attached hydrogen (secondary N) is 1. The second kappa shape index (κ2) is 8.19. The van der Waals surface area contributed by atoms with E-state index in [0.29, 0.717) is 19.2 Å². The molecule has 1 saturated heterocycles. The third-order valence-electron chi connectivity index (χ3n) is 2.97. The summed E-state index contributed by atoms with van der Waals surface area (Å²) in [6, 6.07) is -1.16. The minimum Gasteiger partial charge on any atom is -0.480 e. The van der Waals surface area contributed by atoms with E-state index in [1.165, 1.54) is 0 Å². The lowest BCUT2D eigenvalue weighted by Gasteiger charge is -2.23. The van der Waals surface area contributed by atoms with Crippen LogP contribution in [0.15, 0.2) is 0 Å². The summed E-state index contributed by atoms with van der Waals surface area (Å²) in [4.78, 5) is 36.6. The van der Waals surface area contributed by atoms with Crippen LogP contribution in [0.3, 0.4) is 0 Å². The molecule has 2 N–H and O–H groups in total. The van der Waals surface area contributed by atoms with Gasteiger partial charge in [0.25, 0.3) is 0 Å². The van der Waals surface area contributed by atoms with Crippen molar-refractivity contribution in [2.45, 2.75) is 44.2 Å². The molecule has 1 fully saturated rings. The molecule has 0 saturated carbocycles. The minimum absolute atomic E-state index is 0.0708. The second-order valence-corrected chi connectivity index (χ2v) is 4.50. The predicted octanol–water partition coefficient (Wildman–Crippen LogP) is -0.225. The van der Waals surface area contributed by atoms with Gasteiger partial charge in [-0.05, 0) is 25.7 Å². The van der Waals surface area contributed by atoms with Gasteiger partial charge in [-0.1, -0.05) is 0 Å². The zero-order valence-corrected chi connectivity index (χ0v) is 10.9. The van der Waals surface area contributed by atoms with Gasteiger partial charge < -0.3 is 20.7 Å². The van der Waals surface area contributed by atoms with E-state index in [1.54, 1.807) is 0 Å². The lowest BCUT2D eigenvalue weighted by molar-refractivity contribution is -0.145. The number of ether oxygens (including phenoxy) is 1. The van der Waals surface area contributed by atoms with Crippen LogP contribution in [0, 0.1) is 0 Å². The third-order valence-corrected chi connectivity index (χ3v) is 2.97. The van der Waals surface area contributed by atoms with Crippen LogP contribution in [0.1, 0.15) is 32.1 Å². The fourth-order valence-electron chi connectivity index (χ4n) is 1.89. The molecule has 0 aromatic heterocycles. The Morgan fingerprint density at radius 1 is 1.45 bits per heavy atom. The molecule has 1 amide bonds. The van der Waals surface area contributed by atoms with Gasteiger partial charge in [-0.3, -0.25) is 9.59 Å². The van der Waals surface area contributed by atoms with E-state index in [9.17, 15) is 14.4 Å². The fourth-order valence-corrected chi connectivity index (χ4v) is 1.89. The number of amides is 1. The number of hydrogen-bond donors (Lipinski definition) is 2. The number of carboxylic acids is 1. The van der Waals surface area contributed by atoms with Crippen LogP contribution in [0.2, 0.25) is 0 Å². The van der Waals surface area contributed by atoms with Crippen molar-refractivity contribution in [2.24, 2.45) is 0 Å². The predicted molar refractivity (Wildman–Crippen MR) is 67.1 cm³/mol. The maximum Gasteiger partial charge on any atom is 0.326 e. The highest BCUT2D eigenvalue weighted by atomic mass is 16.5. The van der Waals surface area contributed by atoms with E-state index >= 15 is 0 Å². The van der Waals surface area contributed by atoms with Crippen molar-refractivity contribution in [3.8, 4) is 0 Å². The van der Waals surface area contributed by atoms with Gasteiger partial charge >= 0.3 is 12.2 Å². The van der Waals surface area contributed by atoms with Crippen LogP contribution in [-0.4, -0.2) is 52.5 Å². The Hall–Kier alpha value is -2.05. The summed E-state index contributed by atoms with van der Waals surface area (Å²) in [5, 5.41) is 11.4. The number of aliphatic carboxylic acids is 1. The van der Waals surface area contributed by atoms with Crippen LogP contribution >= 0.6 is 0 Å². The normalized spacial score (nSPS) is 19.5. The molecule has 0 spiro atoms. The second-order valence-electron chi connectivity index (χ2n) is 4.50. The molecule has 110 valence electrons. The molecule has 0 aromatic carbocycles. The molecule has 2 atom stereocenters. The summed E-state index contributed by atoms with van der Waals surface area (Å²) in [7, 11) is 0. The molecule has 0 bridgehead atoms. The van der Waals surface area contributed by atoms with Gasteiger partial charge in [0.15, 0.2) is 0 Å². The Morgan fingerprint density at radius 3 is 2.75 bits per heavy atom. The largest absolute Gasteiger partial charge is 0.480 e. The SMILES string of the molecule is [N-]=[N+]=CC(=O)CCC(NC(=O)[C@@H]1CCCCO1)C(=O)O. The van der Waals surface area contributed by atoms with E-state index < -0.39 is 29.8 Å². The van der Waals surface area contributed by atoms with Crippen molar-refractivity contribution >= 4 is 23.9 Å². The lowest BCUT2D eigenvalue weighted by atomic mass is 10.1. The first-order valence-corrected chi connectivity index (χ1v) is 6.39. The fraction of sp³-hybridized carbons (Fsp3) is 0.667. The van der Waals surface area contributed by atoms with Crippen LogP contribution < -0.4 is 5.32 Å². The molecule has 1 rings (SSSR count). The van der Waals surface area contributed by atoms with Crippen molar-refractivity contribution in [1.29, 1.82) is 0 Å². The molecule has 0 aliphatic carbocycles. The smallest absolute Gasteiger partial charge is 0.326 e. The zero-order chi connectivity index (χ0) is 15.0. The van der Waals surface area contributed by atoms with Gasteiger partial charge in [-0.2, -0.15) is 4.79 Å².